The van der Waals surface area contributed by atoms with Gasteiger partial charge in [0.1, 0.15) is 6.10 Å². The van der Waals surface area contributed by atoms with Crippen molar-refractivity contribution in [2.75, 3.05) is 0 Å². The normalized spacial score (nSPS) is 12.7. The minimum Gasteiger partial charge on any atom is -0.383 e. The lowest BCUT2D eigenvalue weighted by molar-refractivity contribution is 0.223. The summed E-state index contributed by atoms with van der Waals surface area (Å²) in [6.07, 6.45) is -0.482. The topological polar surface area (TPSA) is 20.2 Å². The smallest absolute Gasteiger partial charge is 0.113 e. The van der Waals surface area contributed by atoms with E-state index in [2.05, 4.69) is 18.2 Å². The van der Waals surface area contributed by atoms with Crippen LogP contribution in [0.15, 0.2) is 35.7 Å². The van der Waals surface area contributed by atoms with Gasteiger partial charge in [0.05, 0.1) is 0 Å². The number of aryl methyl sites for hydroxylation is 2. The van der Waals surface area contributed by atoms with Gasteiger partial charge in [-0.2, -0.15) is 0 Å². The third-order valence-electron chi connectivity index (χ3n) is 2.54. The van der Waals surface area contributed by atoms with Crippen molar-refractivity contribution in [1.82, 2.24) is 0 Å². The van der Waals surface area contributed by atoms with Crippen LogP contribution in [0, 0.1) is 13.8 Å². The molecule has 2 aromatic rings. The molecule has 0 bridgehead atoms. The molecule has 0 radical (unpaired) electrons. The van der Waals surface area contributed by atoms with Gasteiger partial charge in [-0.1, -0.05) is 29.8 Å². The molecule has 0 unspecified atom stereocenters. The van der Waals surface area contributed by atoms with Crippen molar-refractivity contribution in [3.8, 4) is 0 Å². The summed E-state index contributed by atoms with van der Waals surface area (Å²) in [4.78, 5) is 1.00. The fourth-order valence-corrected chi connectivity index (χ4v) is 2.38. The molecule has 0 aliphatic carbocycles. The standard InChI is InChI=1S/C13H14OS/c1-9-5-6-10(2)11(8-9)13(14)12-4-3-7-15-12/h3-8,13-14H,1-2H3/t13-/m1/s1. The van der Waals surface area contributed by atoms with Crippen LogP contribution in [-0.4, -0.2) is 5.11 Å². The summed E-state index contributed by atoms with van der Waals surface area (Å²) in [5.74, 6) is 0. The van der Waals surface area contributed by atoms with E-state index >= 15 is 0 Å². The summed E-state index contributed by atoms with van der Waals surface area (Å²) in [6.45, 7) is 4.08. The van der Waals surface area contributed by atoms with Gasteiger partial charge in [-0.15, -0.1) is 11.3 Å². The van der Waals surface area contributed by atoms with E-state index in [9.17, 15) is 5.11 Å². The number of hydrogen-bond donors (Lipinski definition) is 1. The molecular formula is C13H14OS. The lowest BCUT2D eigenvalue weighted by Crippen LogP contribution is -2.00. The highest BCUT2D eigenvalue weighted by molar-refractivity contribution is 7.10. The molecule has 0 aliphatic heterocycles. The molecule has 1 heterocycles. The largest absolute Gasteiger partial charge is 0.383 e. The monoisotopic (exact) mass is 218 g/mol. The Morgan fingerprint density at radius 3 is 2.67 bits per heavy atom. The average molecular weight is 218 g/mol. The third-order valence-corrected chi connectivity index (χ3v) is 3.47. The molecule has 1 nitrogen and oxygen atoms in total. The van der Waals surface area contributed by atoms with E-state index in [4.69, 9.17) is 0 Å². The first-order chi connectivity index (χ1) is 7.18. The molecule has 0 fully saturated rings. The van der Waals surface area contributed by atoms with Gasteiger partial charge in [0.2, 0.25) is 0 Å². The molecule has 0 amide bonds. The van der Waals surface area contributed by atoms with Crippen molar-refractivity contribution >= 4 is 11.3 Å². The summed E-state index contributed by atoms with van der Waals surface area (Å²) in [5.41, 5.74) is 3.34. The predicted octanol–water partition coefficient (Wildman–Crippen LogP) is 3.45. The van der Waals surface area contributed by atoms with Gasteiger partial charge in [-0.25, -0.2) is 0 Å². The van der Waals surface area contributed by atoms with E-state index in [0.29, 0.717) is 0 Å². The van der Waals surface area contributed by atoms with Gasteiger partial charge in [-0.05, 0) is 36.4 Å². The van der Waals surface area contributed by atoms with Crippen molar-refractivity contribution in [1.29, 1.82) is 0 Å². The van der Waals surface area contributed by atoms with Gasteiger partial charge in [0.25, 0.3) is 0 Å². The molecule has 0 saturated heterocycles. The van der Waals surface area contributed by atoms with Gasteiger partial charge in [0.15, 0.2) is 0 Å². The van der Waals surface area contributed by atoms with Gasteiger partial charge in [0, 0.05) is 4.88 Å². The van der Waals surface area contributed by atoms with Gasteiger partial charge >= 0.3 is 0 Å². The van der Waals surface area contributed by atoms with Crippen LogP contribution in [0.1, 0.15) is 27.7 Å². The molecule has 1 N–H and O–H groups in total. The lowest BCUT2D eigenvalue weighted by atomic mass is 10.00. The molecule has 0 saturated carbocycles. The molecule has 1 aromatic heterocycles. The Hall–Kier alpha value is -1.12. The van der Waals surface area contributed by atoms with E-state index in [-0.39, 0.29) is 0 Å². The number of aliphatic hydroxyl groups excluding tert-OH is 1. The molecule has 1 aromatic carbocycles. The molecule has 0 aliphatic rings. The molecule has 0 spiro atoms. The summed E-state index contributed by atoms with van der Waals surface area (Å²) in [6, 6.07) is 10.1. The second-order valence-electron chi connectivity index (χ2n) is 3.78. The first-order valence-electron chi connectivity index (χ1n) is 4.97. The zero-order valence-corrected chi connectivity index (χ0v) is 9.71. The molecule has 15 heavy (non-hydrogen) atoms. The van der Waals surface area contributed by atoms with Crippen molar-refractivity contribution in [3.63, 3.8) is 0 Å². The van der Waals surface area contributed by atoms with Crippen LogP contribution >= 0.6 is 11.3 Å². The Labute approximate surface area is 94.0 Å². The predicted molar refractivity (Wildman–Crippen MR) is 64.3 cm³/mol. The van der Waals surface area contributed by atoms with E-state index in [0.717, 1.165) is 16.0 Å². The van der Waals surface area contributed by atoms with Crippen molar-refractivity contribution < 1.29 is 5.11 Å². The van der Waals surface area contributed by atoms with Gasteiger partial charge in [-0.3, -0.25) is 0 Å². The number of rotatable bonds is 2. The van der Waals surface area contributed by atoms with Crippen LogP contribution in [-0.2, 0) is 0 Å². The molecule has 2 rings (SSSR count). The van der Waals surface area contributed by atoms with Gasteiger partial charge < -0.3 is 5.11 Å². The fourth-order valence-electron chi connectivity index (χ4n) is 1.65. The maximum absolute atomic E-state index is 10.2. The van der Waals surface area contributed by atoms with E-state index < -0.39 is 6.10 Å². The second-order valence-corrected chi connectivity index (χ2v) is 4.76. The first-order valence-corrected chi connectivity index (χ1v) is 5.85. The number of aliphatic hydroxyl groups is 1. The number of thiophene rings is 1. The maximum atomic E-state index is 10.2. The second kappa shape index (κ2) is 4.17. The fraction of sp³-hybridized carbons (Fsp3) is 0.231. The Morgan fingerprint density at radius 2 is 2.00 bits per heavy atom. The van der Waals surface area contributed by atoms with Crippen molar-refractivity contribution in [3.05, 3.63) is 57.3 Å². The highest BCUT2D eigenvalue weighted by Gasteiger charge is 2.13. The zero-order valence-electron chi connectivity index (χ0n) is 8.90. The Bertz CT molecular complexity index is 446. The van der Waals surface area contributed by atoms with E-state index in [1.54, 1.807) is 11.3 Å². The van der Waals surface area contributed by atoms with Crippen LogP contribution in [0.25, 0.3) is 0 Å². The van der Waals surface area contributed by atoms with E-state index in [1.807, 2.05) is 31.4 Å². The summed E-state index contributed by atoms with van der Waals surface area (Å²) in [5, 5.41) is 12.2. The summed E-state index contributed by atoms with van der Waals surface area (Å²) < 4.78 is 0. The Balaban J connectivity index is 2.41. The lowest BCUT2D eigenvalue weighted by Gasteiger charge is -2.12. The summed E-state index contributed by atoms with van der Waals surface area (Å²) >= 11 is 1.59. The van der Waals surface area contributed by atoms with Crippen molar-refractivity contribution in [2.24, 2.45) is 0 Å². The van der Waals surface area contributed by atoms with Crippen LogP contribution in [0.3, 0.4) is 0 Å². The molecular weight excluding hydrogens is 204 g/mol. The van der Waals surface area contributed by atoms with Crippen molar-refractivity contribution in [2.45, 2.75) is 20.0 Å². The Morgan fingerprint density at radius 1 is 1.20 bits per heavy atom. The minimum absolute atomic E-state index is 0.482. The quantitative estimate of drug-likeness (QED) is 0.818. The average Bonchev–Trinajstić information content (AvgIpc) is 2.74. The highest BCUT2D eigenvalue weighted by Crippen LogP contribution is 2.28. The highest BCUT2D eigenvalue weighted by atomic mass is 32.1. The van der Waals surface area contributed by atoms with Crippen LogP contribution in [0.2, 0.25) is 0 Å². The van der Waals surface area contributed by atoms with Crippen LogP contribution < -0.4 is 0 Å². The SMILES string of the molecule is Cc1ccc(C)c([C@@H](O)c2cccs2)c1. The Kier molecular flexibility index (Phi) is 2.89. The first kappa shape index (κ1) is 10.4. The molecule has 2 heteroatoms. The third kappa shape index (κ3) is 2.11. The number of hydrogen-bond acceptors (Lipinski definition) is 2. The van der Waals surface area contributed by atoms with Crippen LogP contribution in [0.4, 0.5) is 0 Å². The van der Waals surface area contributed by atoms with Crippen LogP contribution in [0.5, 0.6) is 0 Å². The summed E-state index contributed by atoms with van der Waals surface area (Å²) in [7, 11) is 0. The van der Waals surface area contributed by atoms with E-state index in [1.165, 1.54) is 5.56 Å². The molecule has 1 atom stereocenters. The maximum Gasteiger partial charge on any atom is 0.113 e. The number of benzene rings is 1. The molecule has 78 valence electrons. The zero-order chi connectivity index (χ0) is 10.8. The minimum atomic E-state index is -0.482.